The van der Waals surface area contributed by atoms with E-state index in [9.17, 15) is 18.0 Å². The van der Waals surface area contributed by atoms with Crippen LogP contribution in [0.3, 0.4) is 0 Å². The average Bonchev–Trinajstić information content (AvgIpc) is 2.59. The highest BCUT2D eigenvalue weighted by molar-refractivity contribution is 5.97. The molecule has 0 radical (unpaired) electrons. The highest BCUT2D eigenvalue weighted by Crippen LogP contribution is 2.33. The van der Waals surface area contributed by atoms with Crippen molar-refractivity contribution in [3.63, 3.8) is 0 Å². The Labute approximate surface area is 142 Å². The second kappa shape index (κ2) is 7.00. The fraction of sp³-hybridized carbons (Fsp3) is 0.294. The van der Waals surface area contributed by atoms with Crippen LogP contribution in [0.4, 0.5) is 24.7 Å². The van der Waals surface area contributed by atoms with Crippen LogP contribution >= 0.6 is 0 Å². The van der Waals surface area contributed by atoms with Gasteiger partial charge >= 0.3 is 6.18 Å². The summed E-state index contributed by atoms with van der Waals surface area (Å²) in [5, 5.41) is 2.70. The second-order valence-corrected chi connectivity index (χ2v) is 5.48. The quantitative estimate of drug-likeness (QED) is 0.840. The predicted molar refractivity (Wildman–Crippen MR) is 86.6 cm³/mol. The van der Waals surface area contributed by atoms with Crippen molar-refractivity contribution in [3.05, 3.63) is 48.2 Å². The molecular weight excluding hydrogens is 335 g/mol. The van der Waals surface area contributed by atoms with Gasteiger partial charge in [-0.15, -0.1) is 0 Å². The van der Waals surface area contributed by atoms with Crippen LogP contribution < -0.4 is 15.0 Å². The number of para-hydroxylation sites is 2. The van der Waals surface area contributed by atoms with Crippen molar-refractivity contribution in [2.45, 2.75) is 12.6 Å². The lowest BCUT2D eigenvalue weighted by atomic mass is 10.2. The maximum Gasteiger partial charge on any atom is 0.419 e. The predicted octanol–water partition coefficient (Wildman–Crippen LogP) is 3.33. The van der Waals surface area contributed by atoms with Gasteiger partial charge in [0.05, 0.1) is 11.3 Å². The molecule has 2 aromatic rings. The number of anilines is 2. The van der Waals surface area contributed by atoms with E-state index in [4.69, 9.17) is 4.74 Å². The van der Waals surface area contributed by atoms with Crippen molar-refractivity contribution in [1.82, 2.24) is 4.98 Å². The minimum Gasteiger partial charge on any atom is -0.482 e. The molecule has 25 heavy (non-hydrogen) atoms. The number of rotatable bonds is 5. The Hall–Kier alpha value is -2.77. The first-order chi connectivity index (χ1) is 12.0. The Morgan fingerprint density at radius 1 is 1.20 bits per heavy atom. The fourth-order valence-electron chi connectivity index (χ4n) is 2.62. The minimum atomic E-state index is -4.46. The number of hydrogen-bond donors (Lipinski definition) is 1. The van der Waals surface area contributed by atoms with Crippen molar-refractivity contribution in [2.24, 2.45) is 0 Å². The molecule has 132 valence electrons. The third-order valence-corrected chi connectivity index (χ3v) is 3.77. The highest BCUT2D eigenvalue weighted by atomic mass is 19.4. The summed E-state index contributed by atoms with van der Waals surface area (Å²) in [6, 6.07) is 9.40. The molecule has 8 heteroatoms. The number of pyridine rings is 1. The van der Waals surface area contributed by atoms with E-state index in [1.807, 2.05) is 6.07 Å². The van der Waals surface area contributed by atoms with Crippen LogP contribution in [0.15, 0.2) is 42.6 Å². The van der Waals surface area contributed by atoms with E-state index in [2.05, 4.69) is 10.3 Å². The number of carbonyl (C=O) groups excluding carboxylic acids is 1. The van der Waals surface area contributed by atoms with Crippen LogP contribution in [0.25, 0.3) is 0 Å². The van der Waals surface area contributed by atoms with Crippen LogP contribution in [0, 0.1) is 0 Å². The molecule has 5 nitrogen and oxygen atoms in total. The molecule has 2 heterocycles. The number of benzene rings is 1. The summed E-state index contributed by atoms with van der Waals surface area (Å²) in [4.78, 5) is 17.4. The molecule has 1 aromatic heterocycles. The first kappa shape index (κ1) is 17.1. The van der Waals surface area contributed by atoms with Crippen LogP contribution in [0.1, 0.15) is 12.0 Å². The molecule has 0 saturated heterocycles. The zero-order chi connectivity index (χ0) is 17.9. The van der Waals surface area contributed by atoms with Crippen LogP contribution in [0.2, 0.25) is 0 Å². The zero-order valence-electron chi connectivity index (χ0n) is 13.2. The molecule has 0 atom stereocenters. The van der Waals surface area contributed by atoms with Crippen molar-refractivity contribution in [2.75, 3.05) is 29.9 Å². The molecule has 0 spiro atoms. The summed E-state index contributed by atoms with van der Waals surface area (Å²) in [5.41, 5.74) is -0.129. The van der Waals surface area contributed by atoms with Gasteiger partial charge in [0.15, 0.2) is 6.61 Å². The molecule has 1 N–H and O–H groups in total. The number of nitrogens with zero attached hydrogens (tertiary/aromatic N) is 2. The maximum atomic E-state index is 12.9. The molecule has 0 unspecified atom stereocenters. The van der Waals surface area contributed by atoms with E-state index in [0.717, 1.165) is 6.07 Å². The van der Waals surface area contributed by atoms with Gasteiger partial charge in [0.2, 0.25) is 0 Å². The Kier molecular flexibility index (Phi) is 4.78. The molecule has 3 rings (SSSR count). The van der Waals surface area contributed by atoms with E-state index in [0.29, 0.717) is 24.4 Å². The third kappa shape index (κ3) is 3.84. The van der Waals surface area contributed by atoms with E-state index >= 15 is 0 Å². The molecule has 1 amide bonds. The highest BCUT2D eigenvalue weighted by Gasteiger charge is 2.34. The maximum absolute atomic E-state index is 12.9. The zero-order valence-corrected chi connectivity index (χ0v) is 13.2. The molecule has 0 bridgehead atoms. The number of fused-ring (bicyclic) bond motifs is 1. The fourth-order valence-corrected chi connectivity index (χ4v) is 2.62. The molecule has 0 saturated carbocycles. The Morgan fingerprint density at radius 3 is 2.80 bits per heavy atom. The number of nitrogens with one attached hydrogen (secondary N) is 1. The summed E-state index contributed by atoms with van der Waals surface area (Å²) >= 11 is 0. The van der Waals surface area contributed by atoms with Gasteiger partial charge < -0.3 is 15.0 Å². The lowest BCUT2D eigenvalue weighted by molar-refractivity contribution is -0.137. The topological polar surface area (TPSA) is 54.5 Å². The van der Waals surface area contributed by atoms with Gasteiger partial charge in [0.25, 0.3) is 5.91 Å². The van der Waals surface area contributed by atoms with Crippen LogP contribution in [-0.4, -0.2) is 30.6 Å². The van der Waals surface area contributed by atoms with Gasteiger partial charge in [-0.25, -0.2) is 4.98 Å². The number of aromatic nitrogens is 1. The van der Waals surface area contributed by atoms with E-state index < -0.39 is 11.7 Å². The first-order valence-corrected chi connectivity index (χ1v) is 7.75. The number of ether oxygens (including phenoxy) is 1. The lowest BCUT2D eigenvalue weighted by Gasteiger charge is -2.29. The normalized spacial score (nSPS) is 14.0. The minimum absolute atomic E-state index is 0.0388. The van der Waals surface area contributed by atoms with Gasteiger partial charge in [0.1, 0.15) is 11.6 Å². The van der Waals surface area contributed by atoms with Crippen molar-refractivity contribution < 1.29 is 22.7 Å². The van der Waals surface area contributed by atoms with E-state index in [1.54, 1.807) is 23.1 Å². The summed E-state index contributed by atoms with van der Waals surface area (Å²) < 4.78 is 44.1. The van der Waals surface area contributed by atoms with E-state index in [1.165, 1.54) is 12.3 Å². The molecular formula is C17H16F3N3O2. The largest absolute Gasteiger partial charge is 0.482 e. The lowest BCUT2D eigenvalue weighted by Crippen LogP contribution is -2.39. The van der Waals surface area contributed by atoms with Crippen LogP contribution in [0.5, 0.6) is 5.75 Å². The summed E-state index contributed by atoms with van der Waals surface area (Å²) in [6.45, 7) is 0.593. The number of hydrogen-bond acceptors (Lipinski definition) is 4. The first-order valence-electron chi connectivity index (χ1n) is 7.75. The standard InChI is InChI=1S/C17H16F3N3O2/c18-17(19,20)12-5-3-8-21-16(12)22-9-4-10-23-13-6-1-2-7-14(13)25-11-15(23)24/h1-3,5-8H,4,9-11H2,(H,21,22). The average molecular weight is 351 g/mol. The van der Waals surface area contributed by atoms with Gasteiger partial charge in [0, 0.05) is 19.3 Å². The third-order valence-electron chi connectivity index (χ3n) is 3.77. The van der Waals surface area contributed by atoms with Gasteiger partial charge in [-0.3, -0.25) is 4.79 Å². The van der Waals surface area contributed by atoms with E-state index in [-0.39, 0.29) is 24.9 Å². The monoisotopic (exact) mass is 351 g/mol. The summed E-state index contributed by atoms with van der Waals surface area (Å²) in [6.07, 6.45) is -2.69. The van der Waals surface area contributed by atoms with Crippen molar-refractivity contribution >= 4 is 17.4 Å². The Morgan fingerprint density at radius 2 is 2.00 bits per heavy atom. The van der Waals surface area contributed by atoms with Gasteiger partial charge in [-0.05, 0) is 30.7 Å². The van der Waals surface area contributed by atoms with Gasteiger partial charge in [-0.1, -0.05) is 12.1 Å². The van der Waals surface area contributed by atoms with Crippen LogP contribution in [-0.2, 0) is 11.0 Å². The Balaban J connectivity index is 1.61. The number of carbonyl (C=O) groups is 1. The number of amides is 1. The Bertz CT molecular complexity index is 765. The van der Waals surface area contributed by atoms with Gasteiger partial charge in [-0.2, -0.15) is 13.2 Å². The number of halogens is 3. The van der Waals surface area contributed by atoms with Crippen molar-refractivity contribution in [3.8, 4) is 5.75 Å². The SMILES string of the molecule is O=C1COc2ccccc2N1CCCNc1ncccc1C(F)(F)F. The molecule has 1 aromatic carbocycles. The molecule has 1 aliphatic heterocycles. The smallest absolute Gasteiger partial charge is 0.419 e. The summed E-state index contributed by atoms with van der Waals surface area (Å²) in [5.74, 6) is 0.246. The molecule has 0 aliphatic carbocycles. The molecule has 0 fully saturated rings. The summed E-state index contributed by atoms with van der Waals surface area (Å²) in [7, 11) is 0. The second-order valence-electron chi connectivity index (χ2n) is 5.48. The number of alkyl halides is 3. The van der Waals surface area contributed by atoms with Crippen molar-refractivity contribution in [1.29, 1.82) is 0 Å². The molecule has 1 aliphatic rings.